The Hall–Kier alpha value is -3.46. The molecule has 0 bridgehead atoms. The summed E-state index contributed by atoms with van der Waals surface area (Å²) in [6, 6.07) is 14.8. The Kier molecular flexibility index (Phi) is 5.85. The van der Waals surface area contributed by atoms with Crippen LogP contribution in [0.2, 0.25) is 0 Å². The van der Waals surface area contributed by atoms with Crippen LogP contribution in [0.3, 0.4) is 0 Å². The molecule has 2 aliphatic rings. The van der Waals surface area contributed by atoms with Crippen molar-refractivity contribution < 1.29 is 29.0 Å². The average molecular weight is 440 g/mol. The van der Waals surface area contributed by atoms with Gasteiger partial charge in [-0.3, -0.25) is 14.5 Å². The molecular formula is C22H20N2O6S. The number of aliphatic hydroxyl groups excluding tert-OH is 1. The van der Waals surface area contributed by atoms with Gasteiger partial charge in [-0.2, -0.15) is 0 Å². The fraction of sp³-hybridized carbons (Fsp3) is 0.227. The van der Waals surface area contributed by atoms with Crippen LogP contribution in [0.25, 0.3) is 0 Å². The van der Waals surface area contributed by atoms with Crippen LogP contribution in [0.15, 0.2) is 66.1 Å². The van der Waals surface area contributed by atoms with E-state index in [1.54, 1.807) is 61.7 Å². The molecule has 0 radical (unpaired) electrons. The van der Waals surface area contributed by atoms with Gasteiger partial charge in [-0.05, 0) is 29.8 Å². The minimum absolute atomic E-state index is 0.0202. The average Bonchev–Trinajstić information content (AvgIpc) is 2.81. The first-order valence-electron chi connectivity index (χ1n) is 9.52. The van der Waals surface area contributed by atoms with E-state index in [1.807, 2.05) is 0 Å². The highest BCUT2D eigenvalue weighted by Gasteiger charge is 2.54. The maximum Gasteiger partial charge on any atom is 0.358 e. The zero-order chi connectivity index (χ0) is 22.0. The standard InChI is InChI=1S/C22H20N2O6S/c1-29-15-9-7-13(8-10-15)11-30-22(28)18-16(25)12-31-21-17(20(27)24(18)21)23-19(26)14-5-3-2-4-6-14/h2-10,17,21,25H,11-12H2,1H3,(H,23,26)/t17?,21-/m0/s1. The van der Waals surface area contributed by atoms with Crippen LogP contribution >= 0.6 is 11.8 Å². The molecule has 9 heteroatoms. The van der Waals surface area contributed by atoms with Crippen molar-refractivity contribution in [3.05, 3.63) is 77.2 Å². The Labute approximate surface area is 182 Å². The van der Waals surface area contributed by atoms with Crippen LogP contribution in [-0.2, 0) is 20.9 Å². The van der Waals surface area contributed by atoms with E-state index >= 15 is 0 Å². The largest absolute Gasteiger partial charge is 0.509 e. The minimum Gasteiger partial charge on any atom is -0.509 e. The van der Waals surface area contributed by atoms with Gasteiger partial charge in [-0.15, -0.1) is 11.8 Å². The second-order valence-electron chi connectivity index (χ2n) is 6.95. The number of ether oxygens (including phenoxy) is 2. The van der Waals surface area contributed by atoms with Crippen LogP contribution in [0.4, 0.5) is 0 Å². The molecule has 0 spiro atoms. The van der Waals surface area contributed by atoms with Crippen LogP contribution in [0.1, 0.15) is 15.9 Å². The van der Waals surface area contributed by atoms with Gasteiger partial charge in [0.1, 0.15) is 29.5 Å². The number of benzene rings is 2. The summed E-state index contributed by atoms with van der Waals surface area (Å²) in [4.78, 5) is 38.9. The monoisotopic (exact) mass is 440 g/mol. The van der Waals surface area contributed by atoms with Crippen molar-refractivity contribution in [3.8, 4) is 5.75 Å². The normalized spacial score (nSPS) is 19.9. The van der Waals surface area contributed by atoms with Gasteiger partial charge in [0.25, 0.3) is 11.8 Å². The Morgan fingerprint density at radius 2 is 1.87 bits per heavy atom. The molecule has 31 heavy (non-hydrogen) atoms. The van der Waals surface area contributed by atoms with Crippen molar-refractivity contribution in [1.82, 2.24) is 10.2 Å². The Morgan fingerprint density at radius 1 is 1.16 bits per heavy atom. The van der Waals surface area contributed by atoms with E-state index in [9.17, 15) is 19.5 Å². The van der Waals surface area contributed by atoms with E-state index in [0.717, 1.165) is 5.56 Å². The number of fused-ring (bicyclic) bond motifs is 1. The molecule has 0 aliphatic carbocycles. The fourth-order valence-corrected chi connectivity index (χ4v) is 4.55. The highest BCUT2D eigenvalue weighted by atomic mass is 32.2. The van der Waals surface area contributed by atoms with Crippen molar-refractivity contribution in [2.75, 3.05) is 12.9 Å². The van der Waals surface area contributed by atoms with Crippen LogP contribution < -0.4 is 10.1 Å². The van der Waals surface area contributed by atoms with Crippen LogP contribution in [-0.4, -0.2) is 52.1 Å². The number of nitrogens with zero attached hydrogens (tertiary/aromatic N) is 1. The molecule has 0 aromatic heterocycles. The second kappa shape index (κ2) is 8.73. The molecule has 1 fully saturated rings. The summed E-state index contributed by atoms with van der Waals surface area (Å²) in [5, 5.41) is 12.5. The summed E-state index contributed by atoms with van der Waals surface area (Å²) in [5.41, 5.74) is 0.999. The van der Waals surface area contributed by atoms with Gasteiger partial charge in [0.2, 0.25) is 0 Å². The molecule has 2 amide bonds. The Balaban J connectivity index is 1.41. The second-order valence-corrected chi connectivity index (χ2v) is 8.05. The van der Waals surface area contributed by atoms with Crippen molar-refractivity contribution in [2.45, 2.75) is 18.0 Å². The summed E-state index contributed by atoms with van der Waals surface area (Å²) in [6.45, 7) is -0.0202. The van der Waals surface area contributed by atoms with Gasteiger partial charge < -0.3 is 19.9 Å². The third-order valence-corrected chi connectivity index (χ3v) is 6.26. The molecule has 2 aromatic rings. The molecule has 2 aromatic carbocycles. The Bertz CT molecular complexity index is 1040. The van der Waals surface area contributed by atoms with E-state index in [4.69, 9.17) is 9.47 Å². The highest BCUT2D eigenvalue weighted by Crippen LogP contribution is 2.40. The van der Waals surface area contributed by atoms with E-state index in [0.29, 0.717) is 11.3 Å². The lowest BCUT2D eigenvalue weighted by atomic mass is 10.0. The third-order valence-electron chi connectivity index (χ3n) is 4.99. The van der Waals surface area contributed by atoms with Gasteiger partial charge in [0, 0.05) is 5.56 Å². The molecule has 1 saturated heterocycles. The van der Waals surface area contributed by atoms with Gasteiger partial charge in [-0.25, -0.2) is 4.79 Å². The summed E-state index contributed by atoms with van der Waals surface area (Å²) < 4.78 is 10.4. The van der Waals surface area contributed by atoms with E-state index in [1.165, 1.54) is 16.7 Å². The van der Waals surface area contributed by atoms with Gasteiger partial charge in [0.05, 0.1) is 12.9 Å². The molecule has 160 valence electrons. The SMILES string of the molecule is COc1ccc(COC(=O)C2=C(O)CS[C@H]3C(NC(=O)c4ccccc4)C(=O)N23)cc1. The smallest absolute Gasteiger partial charge is 0.358 e. The molecule has 2 aliphatic heterocycles. The molecule has 0 saturated carbocycles. The van der Waals surface area contributed by atoms with Crippen LogP contribution in [0, 0.1) is 0 Å². The summed E-state index contributed by atoms with van der Waals surface area (Å²) in [7, 11) is 1.56. The summed E-state index contributed by atoms with van der Waals surface area (Å²) in [6.07, 6.45) is 0. The maximum atomic E-state index is 12.7. The lowest BCUT2D eigenvalue weighted by Gasteiger charge is -2.48. The molecule has 2 heterocycles. The zero-order valence-corrected chi connectivity index (χ0v) is 17.4. The predicted octanol–water partition coefficient (Wildman–Crippen LogP) is 2.22. The number of hydrogen-bond acceptors (Lipinski definition) is 7. The first-order chi connectivity index (χ1) is 15.0. The molecule has 2 N–H and O–H groups in total. The van der Waals surface area contributed by atoms with Gasteiger partial charge in [0.15, 0.2) is 5.70 Å². The number of esters is 1. The van der Waals surface area contributed by atoms with Crippen LogP contribution in [0.5, 0.6) is 5.75 Å². The lowest BCUT2D eigenvalue weighted by Crippen LogP contribution is -2.70. The molecule has 8 nitrogen and oxygen atoms in total. The first kappa shape index (κ1) is 20.8. The maximum absolute atomic E-state index is 12.7. The van der Waals surface area contributed by atoms with Crippen molar-refractivity contribution in [3.63, 3.8) is 0 Å². The quantitative estimate of drug-likeness (QED) is 0.524. The molecule has 2 atom stereocenters. The first-order valence-corrected chi connectivity index (χ1v) is 10.6. The third kappa shape index (κ3) is 4.09. The summed E-state index contributed by atoms with van der Waals surface area (Å²) >= 11 is 1.27. The number of rotatable bonds is 6. The number of aliphatic hydroxyl groups is 1. The Morgan fingerprint density at radius 3 is 2.55 bits per heavy atom. The molecular weight excluding hydrogens is 420 g/mol. The van der Waals surface area contributed by atoms with E-state index < -0.39 is 23.3 Å². The van der Waals surface area contributed by atoms with E-state index in [-0.39, 0.29) is 29.7 Å². The highest BCUT2D eigenvalue weighted by molar-refractivity contribution is 8.00. The lowest BCUT2D eigenvalue weighted by molar-refractivity contribution is -0.152. The van der Waals surface area contributed by atoms with Crippen molar-refractivity contribution >= 4 is 29.5 Å². The minimum atomic E-state index is -0.792. The summed E-state index contributed by atoms with van der Waals surface area (Å²) in [5.74, 6) is -1.04. The number of carbonyl (C=O) groups excluding carboxylic acids is 3. The number of hydrogen-bond donors (Lipinski definition) is 2. The topological polar surface area (TPSA) is 105 Å². The number of thioether (sulfide) groups is 1. The van der Waals surface area contributed by atoms with Gasteiger partial charge >= 0.3 is 5.97 Å². The van der Waals surface area contributed by atoms with Crippen molar-refractivity contribution in [2.24, 2.45) is 0 Å². The van der Waals surface area contributed by atoms with E-state index in [2.05, 4.69) is 5.32 Å². The predicted molar refractivity (Wildman–Crippen MR) is 113 cm³/mol. The fourth-order valence-electron chi connectivity index (χ4n) is 3.35. The van der Waals surface area contributed by atoms with Gasteiger partial charge in [-0.1, -0.05) is 30.3 Å². The molecule has 4 rings (SSSR count). The number of methoxy groups -OCH3 is 1. The molecule has 1 unspecified atom stereocenters. The number of amides is 2. The number of carbonyl (C=O) groups is 3. The number of nitrogens with one attached hydrogen (secondary N) is 1. The number of β-lactam (4-membered cyclic amide) rings is 1. The van der Waals surface area contributed by atoms with Crippen molar-refractivity contribution in [1.29, 1.82) is 0 Å². The zero-order valence-electron chi connectivity index (χ0n) is 16.6.